The van der Waals surface area contributed by atoms with Crippen molar-refractivity contribution in [1.82, 2.24) is 4.98 Å². The molecule has 0 N–H and O–H groups in total. The van der Waals surface area contributed by atoms with Crippen LogP contribution in [0, 0.1) is 12.8 Å². The predicted octanol–water partition coefficient (Wildman–Crippen LogP) is 5.54. The summed E-state index contributed by atoms with van der Waals surface area (Å²) in [5.41, 5.74) is 2.70. The predicted molar refractivity (Wildman–Crippen MR) is 129 cm³/mol. The summed E-state index contributed by atoms with van der Waals surface area (Å²) in [5.74, 6) is 0.765. The van der Waals surface area contributed by atoms with Gasteiger partial charge in [0.15, 0.2) is 16.6 Å². The van der Waals surface area contributed by atoms with E-state index in [9.17, 15) is 9.59 Å². The number of anilines is 2. The van der Waals surface area contributed by atoms with Crippen molar-refractivity contribution in [3.05, 3.63) is 64.7 Å². The molecule has 8 heteroatoms. The number of hydrogen-bond acceptors (Lipinski definition) is 7. The van der Waals surface area contributed by atoms with Gasteiger partial charge in [0.25, 0.3) is 0 Å². The number of benzene rings is 2. The van der Waals surface area contributed by atoms with Crippen LogP contribution in [0.5, 0.6) is 11.5 Å². The van der Waals surface area contributed by atoms with Gasteiger partial charge in [-0.3, -0.25) is 9.69 Å². The molecule has 0 aliphatic rings. The van der Waals surface area contributed by atoms with Gasteiger partial charge < -0.3 is 14.2 Å². The number of thiazole rings is 1. The van der Waals surface area contributed by atoms with Crippen LogP contribution in [0.1, 0.15) is 42.4 Å². The summed E-state index contributed by atoms with van der Waals surface area (Å²) >= 11 is 1.32. The Bertz CT molecular complexity index is 1130. The fourth-order valence-electron chi connectivity index (χ4n) is 3.05. The molecule has 3 aromatic rings. The van der Waals surface area contributed by atoms with E-state index < -0.39 is 5.97 Å². The maximum Gasteiger partial charge on any atom is 0.338 e. The number of aromatic nitrogens is 1. The van der Waals surface area contributed by atoms with Gasteiger partial charge in [0.05, 0.1) is 30.7 Å². The Morgan fingerprint density at radius 1 is 1.12 bits per heavy atom. The normalized spacial score (nSPS) is 10.7. The number of carbonyl (C=O) groups is 2. The Balaban J connectivity index is 1.68. The average Bonchev–Trinajstić information content (AvgIpc) is 3.24. The molecule has 1 aromatic heterocycles. The Kier molecular flexibility index (Phi) is 8.06. The summed E-state index contributed by atoms with van der Waals surface area (Å²) in [5, 5.41) is 2.30. The van der Waals surface area contributed by atoms with Gasteiger partial charge in [0.2, 0.25) is 5.91 Å². The second-order valence-corrected chi connectivity index (χ2v) is 8.80. The minimum atomic E-state index is -0.500. The highest BCUT2D eigenvalue weighted by atomic mass is 32.1. The summed E-state index contributed by atoms with van der Waals surface area (Å²) in [6.07, 6.45) is 0. The van der Waals surface area contributed by atoms with Crippen LogP contribution in [0.2, 0.25) is 0 Å². The molecular formula is C25H28N2O5S. The van der Waals surface area contributed by atoms with E-state index in [0.717, 1.165) is 11.3 Å². The number of amides is 1. The van der Waals surface area contributed by atoms with Crippen LogP contribution in [-0.2, 0) is 16.1 Å². The lowest BCUT2D eigenvalue weighted by Gasteiger charge is -2.18. The molecular weight excluding hydrogens is 440 g/mol. The Labute approximate surface area is 197 Å². The summed E-state index contributed by atoms with van der Waals surface area (Å²) in [4.78, 5) is 30.9. The summed E-state index contributed by atoms with van der Waals surface area (Å²) in [7, 11) is 1.53. The molecule has 7 nitrogen and oxygen atoms in total. The Morgan fingerprint density at radius 2 is 1.91 bits per heavy atom. The first kappa shape index (κ1) is 24.3. The molecule has 0 aliphatic heterocycles. The van der Waals surface area contributed by atoms with Crippen LogP contribution in [0.4, 0.5) is 10.8 Å². The van der Waals surface area contributed by atoms with Gasteiger partial charge in [-0.2, -0.15) is 0 Å². The minimum absolute atomic E-state index is 0.0111. The number of nitrogens with zero attached hydrogens (tertiary/aromatic N) is 2. The molecule has 0 radical (unpaired) electrons. The van der Waals surface area contributed by atoms with Crippen molar-refractivity contribution >= 4 is 34.0 Å². The van der Waals surface area contributed by atoms with Crippen LogP contribution in [-0.4, -0.2) is 30.6 Å². The lowest BCUT2D eigenvalue weighted by molar-refractivity contribution is -0.115. The molecule has 2 aromatic carbocycles. The SMILES string of the molecule is COc1cc(C(=O)OCc2csc(N(C(C)=O)c3cccc(C)c3)n2)ccc1OCC(C)C. The van der Waals surface area contributed by atoms with E-state index in [1.165, 1.54) is 25.4 Å². The van der Waals surface area contributed by atoms with Gasteiger partial charge in [-0.05, 0) is 48.7 Å². The van der Waals surface area contributed by atoms with Crippen LogP contribution in [0.15, 0.2) is 47.8 Å². The third-order valence-corrected chi connectivity index (χ3v) is 5.50. The topological polar surface area (TPSA) is 78.0 Å². The molecule has 0 atom stereocenters. The highest BCUT2D eigenvalue weighted by molar-refractivity contribution is 7.14. The molecule has 1 amide bonds. The number of carbonyl (C=O) groups excluding carboxylic acids is 2. The molecule has 0 bridgehead atoms. The van der Waals surface area contributed by atoms with E-state index in [-0.39, 0.29) is 12.5 Å². The zero-order valence-corrected chi connectivity index (χ0v) is 20.3. The van der Waals surface area contributed by atoms with E-state index >= 15 is 0 Å². The molecule has 1 heterocycles. The van der Waals surface area contributed by atoms with Crippen LogP contribution < -0.4 is 14.4 Å². The van der Waals surface area contributed by atoms with Gasteiger partial charge in [-0.1, -0.05) is 26.0 Å². The fourth-order valence-corrected chi connectivity index (χ4v) is 3.92. The van der Waals surface area contributed by atoms with Crippen molar-refractivity contribution < 1.29 is 23.8 Å². The second kappa shape index (κ2) is 11.0. The van der Waals surface area contributed by atoms with Crippen molar-refractivity contribution in [1.29, 1.82) is 0 Å². The zero-order valence-electron chi connectivity index (χ0n) is 19.5. The Morgan fingerprint density at radius 3 is 2.58 bits per heavy atom. The van der Waals surface area contributed by atoms with Gasteiger partial charge >= 0.3 is 5.97 Å². The molecule has 0 fully saturated rings. The van der Waals surface area contributed by atoms with E-state index in [1.54, 1.807) is 28.5 Å². The average molecular weight is 469 g/mol. The monoisotopic (exact) mass is 468 g/mol. The number of rotatable bonds is 9. The third-order valence-electron chi connectivity index (χ3n) is 4.63. The number of ether oxygens (including phenoxy) is 3. The van der Waals surface area contributed by atoms with Gasteiger partial charge in [0, 0.05) is 12.3 Å². The first-order valence-electron chi connectivity index (χ1n) is 10.6. The number of aryl methyl sites for hydroxylation is 1. The number of hydrogen-bond donors (Lipinski definition) is 0. The molecule has 0 spiro atoms. The van der Waals surface area contributed by atoms with E-state index in [4.69, 9.17) is 14.2 Å². The van der Waals surface area contributed by atoms with Crippen LogP contribution in [0.3, 0.4) is 0 Å². The molecule has 174 valence electrons. The van der Waals surface area contributed by atoms with E-state index in [2.05, 4.69) is 18.8 Å². The lowest BCUT2D eigenvalue weighted by Crippen LogP contribution is -2.22. The first-order valence-corrected chi connectivity index (χ1v) is 11.5. The summed E-state index contributed by atoms with van der Waals surface area (Å²) in [6.45, 7) is 8.10. The van der Waals surface area contributed by atoms with E-state index in [0.29, 0.717) is 40.4 Å². The summed E-state index contributed by atoms with van der Waals surface area (Å²) < 4.78 is 16.5. The number of esters is 1. The zero-order chi connectivity index (χ0) is 24.0. The molecule has 3 rings (SSSR count). The molecule has 33 heavy (non-hydrogen) atoms. The van der Waals surface area contributed by atoms with Crippen molar-refractivity contribution in [2.24, 2.45) is 5.92 Å². The van der Waals surface area contributed by atoms with Crippen molar-refractivity contribution in [2.45, 2.75) is 34.3 Å². The van der Waals surface area contributed by atoms with Gasteiger partial charge in [-0.15, -0.1) is 11.3 Å². The largest absolute Gasteiger partial charge is 0.493 e. The maximum absolute atomic E-state index is 12.6. The maximum atomic E-state index is 12.6. The molecule has 0 aliphatic carbocycles. The Hall–Kier alpha value is -3.39. The third kappa shape index (κ3) is 6.32. The van der Waals surface area contributed by atoms with Crippen molar-refractivity contribution in [2.75, 3.05) is 18.6 Å². The first-order chi connectivity index (χ1) is 15.8. The second-order valence-electron chi connectivity index (χ2n) is 7.96. The standard InChI is InChI=1S/C25H28N2O5S/c1-16(2)13-31-22-10-9-19(12-23(22)30-5)24(29)32-14-20-15-33-25(26-20)27(18(4)28)21-8-6-7-17(3)11-21/h6-12,15-16H,13-14H2,1-5H3. The van der Waals surface area contributed by atoms with Crippen LogP contribution >= 0.6 is 11.3 Å². The summed E-state index contributed by atoms with van der Waals surface area (Å²) in [6, 6.07) is 12.6. The van der Waals surface area contributed by atoms with Gasteiger partial charge in [0.1, 0.15) is 6.61 Å². The van der Waals surface area contributed by atoms with E-state index in [1.807, 2.05) is 31.2 Å². The highest BCUT2D eigenvalue weighted by Crippen LogP contribution is 2.31. The quantitative estimate of drug-likeness (QED) is 0.384. The molecule has 0 saturated carbocycles. The van der Waals surface area contributed by atoms with Crippen molar-refractivity contribution in [3.63, 3.8) is 0 Å². The van der Waals surface area contributed by atoms with Crippen LogP contribution in [0.25, 0.3) is 0 Å². The van der Waals surface area contributed by atoms with Gasteiger partial charge in [-0.25, -0.2) is 9.78 Å². The molecule has 0 unspecified atom stereocenters. The van der Waals surface area contributed by atoms with Crippen molar-refractivity contribution in [3.8, 4) is 11.5 Å². The molecule has 0 saturated heterocycles. The highest BCUT2D eigenvalue weighted by Gasteiger charge is 2.19. The number of methoxy groups -OCH3 is 1. The minimum Gasteiger partial charge on any atom is -0.493 e. The lowest BCUT2D eigenvalue weighted by atomic mass is 10.2. The fraction of sp³-hybridized carbons (Fsp3) is 0.320. The smallest absolute Gasteiger partial charge is 0.338 e.